The van der Waals surface area contributed by atoms with Crippen LogP contribution in [-0.4, -0.2) is 40.6 Å². The van der Waals surface area contributed by atoms with E-state index in [2.05, 4.69) is 5.32 Å². The SMILES string of the molecule is CC(C)C1CN(C(C)CC(=O)O)C(=O)N1. The molecule has 86 valence electrons. The van der Waals surface area contributed by atoms with Crippen molar-refractivity contribution >= 4 is 12.0 Å². The minimum atomic E-state index is -0.872. The van der Waals surface area contributed by atoms with Gasteiger partial charge in [0.25, 0.3) is 0 Å². The first-order chi connectivity index (χ1) is 6.91. The van der Waals surface area contributed by atoms with E-state index in [1.54, 1.807) is 11.8 Å². The van der Waals surface area contributed by atoms with Crippen molar-refractivity contribution < 1.29 is 14.7 Å². The van der Waals surface area contributed by atoms with Crippen LogP contribution in [0.5, 0.6) is 0 Å². The van der Waals surface area contributed by atoms with Crippen LogP contribution in [0.4, 0.5) is 4.79 Å². The van der Waals surface area contributed by atoms with E-state index >= 15 is 0 Å². The summed E-state index contributed by atoms with van der Waals surface area (Å²) in [5.74, 6) is -0.501. The van der Waals surface area contributed by atoms with Gasteiger partial charge in [-0.15, -0.1) is 0 Å². The third-order valence-electron chi connectivity index (χ3n) is 2.77. The Morgan fingerprint density at radius 3 is 2.60 bits per heavy atom. The lowest BCUT2D eigenvalue weighted by Crippen LogP contribution is -2.37. The van der Waals surface area contributed by atoms with Crippen molar-refractivity contribution in [1.29, 1.82) is 0 Å². The molecule has 2 atom stereocenters. The van der Waals surface area contributed by atoms with Crippen molar-refractivity contribution in [3.63, 3.8) is 0 Å². The molecule has 1 saturated heterocycles. The van der Waals surface area contributed by atoms with Crippen LogP contribution in [0.3, 0.4) is 0 Å². The van der Waals surface area contributed by atoms with E-state index in [1.165, 1.54) is 0 Å². The highest BCUT2D eigenvalue weighted by Gasteiger charge is 2.33. The van der Waals surface area contributed by atoms with E-state index in [9.17, 15) is 9.59 Å². The lowest BCUT2D eigenvalue weighted by atomic mass is 10.1. The van der Waals surface area contributed by atoms with Crippen molar-refractivity contribution in [2.45, 2.75) is 39.3 Å². The zero-order chi connectivity index (χ0) is 11.6. The molecule has 2 amide bonds. The molecule has 0 radical (unpaired) electrons. The van der Waals surface area contributed by atoms with Gasteiger partial charge in [-0.2, -0.15) is 0 Å². The van der Waals surface area contributed by atoms with E-state index in [0.717, 1.165) is 0 Å². The van der Waals surface area contributed by atoms with E-state index in [4.69, 9.17) is 5.11 Å². The fourth-order valence-corrected chi connectivity index (χ4v) is 1.70. The highest BCUT2D eigenvalue weighted by molar-refractivity contribution is 5.78. The second kappa shape index (κ2) is 4.51. The zero-order valence-electron chi connectivity index (χ0n) is 9.36. The number of nitrogens with one attached hydrogen (secondary N) is 1. The van der Waals surface area contributed by atoms with Crippen molar-refractivity contribution in [2.24, 2.45) is 5.92 Å². The quantitative estimate of drug-likeness (QED) is 0.730. The molecule has 0 spiro atoms. The van der Waals surface area contributed by atoms with Gasteiger partial charge < -0.3 is 15.3 Å². The first kappa shape index (κ1) is 11.8. The van der Waals surface area contributed by atoms with Crippen LogP contribution in [0.2, 0.25) is 0 Å². The van der Waals surface area contributed by atoms with Gasteiger partial charge in [-0.05, 0) is 12.8 Å². The van der Waals surface area contributed by atoms with Gasteiger partial charge in [0.1, 0.15) is 0 Å². The van der Waals surface area contributed by atoms with Gasteiger partial charge >= 0.3 is 12.0 Å². The van der Waals surface area contributed by atoms with Gasteiger partial charge in [0, 0.05) is 12.6 Å². The van der Waals surface area contributed by atoms with Gasteiger partial charge in [0.15, 0.2) is 0 Å². The van der Waals surface area contributed by atoms with Crippen molar-refractivity contribution in [2.75, 3.05) is 6.54 Å². The predicted molar refractivity (Wildman–Crippen MR) is 55.6 cm³/mol. The molecule has 5 heteroatoms. The average molecular weight is 214 g/mol. The van der Waals surface area contributed by atoms with Crippen LogP contribution in [-0.2, 0) is 4.79 Å². The molecule has 2 N–H and O–H groups in total. The molecular formula is C10H18N2O3. The summed E-state index contributed by atoms with van der Waals surface area (Å²) in [5.41, 5.74) is 0. The van der Waals surface area contributed by atoms with E-state index in [-0.39, 0.29) is 24.5 Å². The molecule has 0 aliphatic carbocycles. The normalized spacial score (nSPS) is 23.1. The number of amides is 2. The number of hydrogen-bond acceptors (Lipinski definition) is 2. The Morgan fingerprint density at radius 1 is 1.60 bits per heavy atom. The van der Waals surface area contributed by atoms with Crippen LogP contribution in [0.1, 0.15) is 27.2 Å². The lowest BCUT2D eigenvalue weighted by molar-refractivity contribution is -0.137. The second-order valence-corrected chi connectivity index (χ2v) is 4.40. The summed E-state index contributed by atoms with van der Waals surface area (Å²) >= 11 is 0. The molecule has 0 bridgehead atoms. The van der Waals surface area contributed by atoms with Gasteiger partial charge in [0.2, 0.25) is 0 Å². The number of carboxylic acid groups (broad SMARTS) is 1. The molecule has 0 aromatic rings. The Kier molecular flexibility index (Phi) is 3.55. The number of carboxylic acids is 1. The predicted octanol–water partition coefficient (Wildman–Crippen LogP) is 0.899. The molecule has 1 aliphatic rings. The Bertz CT molecular complexity index is 265. The van der Waals surface area contributed by atoms with Crippen LogP contribution in [0.25, 0.3) is 0 Å². The smallest absolute Gasteiger partial charge is 0.318 e. The molecular weight excluding hydrogens is 196 g/mol. The molecule has 1 heterocycles. The summed E-state index contributed by atoms with van der Waals surface area (Å²) < 4.78 is 0. The summed E-state index contributed by atoms with van der Waals surface area (Å²) in [6, 6.07) is -0.262. The third kappa shape index (κ3) is 2.84. The summed E-state index contributed by atoms with van der Waals surface area (Å²) in [6.07, 6.45) is -0.00175. The van der Waals surface area contributed by atoms with Crippen LogP contribution in [0, 0.1) is 5.92 Å². The highest BCUT2D eigenvalue weighted by atomic mass is 16.4. The molecule has 1 rings (SSSR count). The monoisotopic (exact) mass is 214 g/mol. The number of hydrogen-bond donors (Lipinski definition) is 2. The van der Waals surface area contributed by atoms with E-state index < -0.39 is 5.97 Å². The summed E-state index contributed by atoms with van der Waals surface area (Å²) in [4.78, 5) is 23.7. The maximum Gasteiger partial charge on any atom is 0.318 e. The second-order valence-electron chi connectivity index (χ2n) is 4.40. The zero-order valence-corrected chi connectivity index (χ0v) is 9.36. The Morgan fingerprint density at radius 2 is 2.20 bits per heavy atom. The average Bonchev–Trinajstić information content (AvgIpc) is 2.46. The Balaban J connectivity index is 2.56. The van der Waals surface area contributed by atoms with Crippen molar-refractivity contribution in [1.82, 2.24) is 10.2 Å². The van der Waals surface area contributed by atoms with Crippen molar-refractivity contribution in [3.05, 3.63) is 0 Å². The van der Waals surface area contributed by atoms with Crippen molar-refractivity contribution in [3.8, 4) is 0 Å². The molecule has 5 nitrogen and oxygen atoms in total. The molecule has 0 aromatic heterocycles. The number of nitrogens with zero attached hydrogens (tertiary/aromatic N) is 1. The van der Waals surface area contributed by atoms with Crippen LogP contribution in [0.15, 0.2) is 0 Å². The summed E-state index contributed by atoms with van der Waals surface area (Å²) in [7, 11) is 0. The van der Waals surface area contributed by atoms with Gasteiger partial charge in [-0.1, -0.05) is 13.8 Å². The first-order valence-electron chi connectivity index (χ1n) is 5.20. The molecule has 0 saturated carbocycles. The lowest BCUT2D eigenvalue weighted by Gasteiger charge is -2.22. The number of carbonyl (C=O) groups is 2. The van der Waals surface area contributed by atoms with Gasteiger partial charge in [-0.25, -0.2) is 4.79 Å². The molecule has 15 heavy (non-hydrogen) atoms. The molecule has 2 unspecified atom stereocenters. The number of rotatable bonds is 4. The van der Waals surface area contributed by atoms with E-state index in [1.807, 2.05) is 13.8 Å². The molecule has 0 aromatic carbocycles. The number of urea groups is 1. The van der Waals surface area contributed by atoms with Gasteiger partial charge in [0.05, 0.1) is 12.5 Å². The molecule has 1 fully saturated rings. The highest BCUT2D eigenvalue weighted by Crippen LogP contribution is 2.15. The minimum Gasteiger partial charge on any atom is -0.481 e. The standard InChI is InChI=1S/C10H18N2O3/c1-6(2)8-5-12(10(15)11-8)7(3)4-9(13)14/h6-8H,4-5H2,1-3H3,(H,11,15)(H,13,14). The third-order valence-corrected chi connectivity index (χ3v) is 2.77. The molecule has 1 aliphatic heterocycles. The Labute approximate surface area is 89.4 Å². The van der Waals surface area contributed by atoms with Gasteiger partial charge in [-0.3, -0.25) is 4.79 Å². The summed E-state index contributed by atoms with van der Waals surface area (Å²) in [5, 5.41) is 11.5. The minimum absolute atomic E-state index is 0.00175. The maximum absolute atomic E-state index is 11.5. The van der Waals surface area contributed by atoms with Crippen LogP contribution >= 0.6 is 0 Å². The maximum atomic E-state index is 11.5. The van der Waals surface area contributed by atoms with Crippen LogP contribution < -0.4 is 5.32 Å². The fourth-order valence-electron chi connectivity index (χ4n) is 1.70. The number of aliphatic carboxylic acids is 1. The number of carbonyl (C=O) groups excluding carboxylic acids is 1. The Hall–Kier alpha value is -1.26. The fraction of sp³-hybridized carbons (Fsp3) is 0.800. The topological polar surface area (TPSA) is 69.6 Å². The summed E-state index contributed by atoms with van der Waals surface area (Å²) in [6.45, 7) is 6.44. The van der Waals surface area contributed by atoms with E-state index in [0.29, 0.717) is 12.5 Å². The largest absolute Gasteiger partial charge is 0.481 e. The first-order valence-corrected chi connectivity index (χ1v) is 5.20.